The van der Waals surface area contributed by atoms with E-state index >= 15 is 0 Å². The van der Waals surface area contributed by atoms with Crippen molar-refractivity contribution in [3.05, 3.63) is 293 Å². The number of aromatic nitrogens is 20. The molecule has 124 heavy (non-hydrogen) atoms. The number of oxazole rings is 1. The summed E-state index contributed by atoms with van der Waals surface area (Å²) in [7, 11) is 0. The summed E-state index contributed by atoms with van der Waals surface area (Å²) in [5, 5.41) is 22.9. The summed E-state index contributed by atoms with van der Waals surface area (Å²) < 4.78 is 7.02. The van der Waals surface area contributed by atoms with Crippen LogP contribution in [0, 0.1) is 0 Å². The van der Waals surface area contributed by atoms with E-state index in [1.165, 1.54) is 38.6 Å². The number of thiazole rings is 2. The van der Waals surface area contributed by atoms with Crippen molar-refractivity contribution in [2.45, 2.75) is 341 Å². The highest BCUT2D eigenvalue weighted by atomic mass is 32.1. The number of aromatic amines is 2. The van der Waals surface area contributed by atoms with E-state index in [-0.39, 0.29) is 70.5 Å². The highest BCUT2D eigenvalue weighted by molar-refractivity contribution is 7.09. The number of hydrogen-bond acceptors (Lipinski definition) is 20. The second-order valence-corrected chi connectivity index (χ2v) is 44.3. The Morgan fingerprint density at radius 3 is 1.12 bits per heavy atom. The quantitative estimate of drug-likeness (QED) is 0.143. The highest BCUT2D eigenvalue weighted by Gasteiger charge is 2.22. The largest absolute Gasteiger partial charge is 0.448 e. The zero-order valence-electron chi connectivity index (χ0n) is 83.1. The van der Waals surface area contributed by atoms with E-state index in [1.807, 2.05) is 120 Å². The second-order valence-electron chi connectivity index (χ2n) is 42.7. The Hall–Kier alpha value is -10.1. The van der Waals surface area contributed by atoms with Crippen LogP contribution in [0.3, 0.4) is 0 Å². The summed E-state index contributed by atoms with van der Waals surface area (Å²) in [6.07, 6.45) is 41.1. The van der Waals surface area contributed by atoms with Gasteiger partial charge in [-0.25, -0.2) is 44.9 Å². The maximum absolute atomic E-state index is 5.09. The molecule has 0 amide bonds. The normalized spacial score (nSPS) is 11.7. The fourth-order valence-corrected chi connectivity index (χ4v) is 10.5. The van der Waals surface area contributed by atoms with Gasteiger partial charge in [0.05, 0.1) is 39.8 Å². The van der Waals surface area contributed by atoms with E-state index < -0.39 is 0 Å². The molecule has 13 heterocycles. The number of H-pyrrole nitrogens is 2. The van der Waals surface area contributed by atoms with Crippen LogP contribution < -0.4 is 0 Å². The maximum Gasteiger partial charge on any atom is 0.199 e. The van der Waals surface area contributed by atoms with Gasteiger partial charge >= 0.3 is 0 Å². The Morgan fingerprint density at radius 2 is 0.855 bits per heavy atom. The first kappa shape index (κ1) is 112. The van der Waals surface area contributed by atoms with E-state index in [2.05, 4.69) is 395 Å². The first-order valence-electron chi connectivity index (χ1n) is 42.3. The molecule has 13 aromatic rings. The molecule has 0 unspecified atom stereocenters. The third-order valence-corrected chi connectivity index (χ3v) is 18.9. The second kappa shape index (κ2) is 51.3. The molecule has 23 heteroatoms. The van der Waals surface area contributed by atoms with E-state index in [1.54, 1.807) is 104 Å². The molecule has 0 aliphatic carbocycles. The Balaban J connectivity index is 0.000000672. The maximum atomic E-state index is 5.09. The lowest BCUT2D eigenvalue weighted by molar-refractivity contribution is 0.355. The average molecular weight is 1730 g/mol. The Labute approximate surface area is 756 Å². The van der Waals surface area contributed by atoms with E-state index in [4.69, 9.17) is 4.42 Å². The minimum Gasteiger partial charge on any atom is -0.448 e. The Bertz CT molecular complexity index is 3850. The predicted octanol–water partition coefficient (Wildman–Crippen LogP) is 26.1. The Morgan fingerprint density at radius 1 is 0.315 bits per heavy atom. The van der Waals surface area contributed by atoms with Crippen molar-refractivity contribution in [1.29, 1.82) is 0 Å². The molecule has 0 spiro atoms. The topological polar surface area (TPSA) is 269 Å². The van der Waals surface area contributed by atoms with Crippen LogP contribution in [0.15, 0.2) is 230 Å². The monoisotopic (exact) mass is 1730 g/mol. The molecule has 0 aliphatic rings. The lowest BCUT2D eigenvalue weighted by Crippen LogP contribution is -2.21. The van der Waals surface area contributed by atoms with Gasteiger partial charge in [0.15, 0.2) is 5.89 Å². The molecule has 0 saturated heterocycles. The van der Waals surface area contributed by atoms with Crippen molar-refractivity contribution in [2.75, 3.05) is 0 Å². The van der Waals surface area contributed by atoms with Gasteiger partial charge in [0.2, 0.25) is 0 Å². The summed E-state index contributed by atoms with van der Waals surface area (Å²) in [5.41, 5.74) is 14.8. The fourth-order valence-electron chi connectivity index (χ4n) is 9.03. The molecule has 0 atom stereocenters. The molecule has 13 rings (SSSR count). The zero-order chi connectivity index (χ0) is 94.7. The summed E-state index contributed by atoms with van der Waals surface area (Å²) in [6.45, 7) is 83.7. The molecule has 0 radical (unpaired) electrons. The third-order valence-electron chi connectivity index (χ3n) is 17.1. The van der Waals surface area contributed by atoms with Crippen molar-refractivity contribution in [2.24, 2.45) is 0 Å². The average Bonchev–Trinajstić information content (AvgIpc) is 1.48. The molecule has 0 fully saturated rings. The number of hydrogen-bond donors (Lipinski definition) is 2. The van der Waals surface area contributed by atoms with Gasteiger partial charge in [-0.1, -0.05) is 261 Å². The Kier molecular flexibility index (Phi) is 46.3. The smallest absolute Gasteiger partial charge is 0.199 e. The minimum atomic E-state index is 0.0451. The third kappa shape index (κ3) is 50.0. The predicted molar refractivity (Wildman–Crippen MR) is 520 cm³/mol. The van der Waals surface area contributed by atoms with Crippen LogP contribution in [0.25, 0.3) is 0 Å². The summed E-state index contributed by atoms with van der Waals surface area (Å²) in [4.78, 5) is 57.0. The fraction of sp³-hybridized carbons (Fsp3) is 0.515. The molecule has 21 nitrogen and oxygen atoms in total. The van der Waals surface area contributed by atoms with Crippen molar-refractivity contribution in [3.8, 4) is 0 Å². The standard InChI is InChI=1S/3C9H13N.4C8H12N2.3C7H12N2.C7H11NO.2C7H11NS/c1-9(2,3)8-4-6-10-7-5-8;1-9(2,3)8-5-4-6-10-7-8;1-9(2,3)8-6-4-5-7-10-8;1-8(2,3)7-4-9-6-10-5-7;1-8(2,3)7-6-9-4-5-10-7;1-8(2,3)7-4-5-9-6-10-7;1-8(2,3)7-9-5-4-6-10-7;1-7(2,3)6-4-8-9-5-6;1-7(2,3)9-6-4-5-8-9;1-7(2,3)6-4-5-8-9-6;1-7(2,3)6-8-4-5-9-6;1-7(2,3)6-4-9-5-8-6;1-7(2,3)6-8-4-5-9-6/h3*4-7H,1-3H3;4*4-6H,1-3H3;4-5H,1-3H3,(H,8,9);4-6H,1-3H3;4-5H,1-3H3,(H,8,9);3*4-5H,1-3H3. The molecule has 0 aromatic carbocycles. The van der Waals surface area contributed by atoms with Gasteiger partial charge in [0.1, 0.15) is 24.7 Å². The number of rotatable bonds is 0. The molecule has 678 valence electrons. The minimum absolute atomic E-state index is 0.0451. The van der Waals surface area contributed by atoms with Gasteiger partial charge in [-0.05, 0) is 119 Å². The van der Waals surface area contributed by atoms with Gasteiger partial charge in [-0.2, -0.15) is 15.3 Å². The van der Waals surface area contributed by atoms with Crippen molar-refractivity contribution in [1.82, 2.24) is 100.0 Å². The zero-order valence-corrected chi connectivity index (χ0v) is 84.8. The van der Waals surface area contributed by atoms with Crippen molar-refractivity contribution in [3.63, 3.8) is 0 Å². The highest BCUT2D eigenvalue weighted by Crippen LogP contribution is 2.28. The van der Waals surface area contributed by atoms with E-state index in [0.717, 1.165) is 28.8 Å². The van der Waals surface area contributed by atoms with Gasteiger partial charge < -0.3 is 4.42 Å². The van der Waals surface area contributed by atoms with Crippen LogP contribution in [0.2, 0.25) is 0 Å². The molecule has 0 saturated carbocycles. The van der Waals surface area contributed by atoms with Crippen LogP contribution in [-0.4, -0.2) is 100.0 Å². The molecule has 2 N–H and O–H groups in total. The van der Waals surface area contributed by atoms with Gasteiger partial charge in [0, 0.05) is 183 Å². The van der Waals surface area contributed by atoms with Crippen LogP contribution in [-0.2, 0) is 70.5 Å². The molecular weight excluding hydrogens is 1570 g/mol. The van der Waals surface area contributed by atoms with Crippen LogP contribution in [0.5, 0.6) is 0 Å². The van der Waals surface area contributed by atoms with Crippen molar-refractivity contribution >= 4 is 22.7 Å². The molecule has 13 aromatic heterocycles. The molecule has 0 bridgehead atoms. The number of nitrogens with one attached hydrogen (secondary N) is 2. The van der Waals surface area contributed by atoms with E-state index in [9.17, 15) is 0 Å². The summed E-state index contributed by atoms with van der Waals surface area (Å²) >= 11 is 3.37. The summed E-state index contributed by atoms with van der Waals surface area (Å²) in [6, 6.07) is 21.9. The molecule has 0 aliphatic heterocycles. The summed E-state index contributed by atoms with van der Waals surface area (Å²) in [5.74, 6) is 1.69. The molecular formula is C101H156N20OS2. The van der Waals surface area contributed by atoms with Gasteiger partial charge in [-0.15, -0.1) is 22.7 Å². The number of pyridine rings is 3. The van der Waals surface area contributed by atoms with Gasteiger partial charge in [0.25, 0.3) is 0 Å². The lowest BCUT2D eigenvalue weighted by atomic mass is 9.88. The van der Waals surface area contributed by atoms with Crippen LogP contribution in [0.4, 0.5) is 0 Å². The SMILES string of the molecule is CC(C)(C)c1ccccn1.CC(C)(C)c1cccnc1.CC(C)(C)c1ccn[nH]1.CC(C)(C)c1ccncc1.CC(C)(C)c1ccncn1.CC(C)(C)c1cn[nH]c1.CC(C)(C)c1cnccn1.CC(C)(C)c1cncnc1.CC(C)(C)c1cscn1.CC(C)(C)c1ncccn1.CC(C)(C)c1ncco1.CC(C)(C)c1nccs1.CC(C)(C)n1cccn1. The first-order chi connectivity index (χ1) is 56.9. The van der Waals surface area contributed by atoms with Gasteiger partial charge in [-0.3, -0.25) is 39.8 Å². The van der Waals surface area contributed by atoms with Crippen molar-refractivity contribution < 1.29 is 4.42 Å². The first-order valence-corrected chi connectivity index (χ1v) is 44.2. The van der Waals surface area contributed by atoms with Crippen LogP contribution in [0.1, 0.15) is 337 Å². The number of nitrogens with zero attached hydrogens (tertiary/aromatic N) is 18. The van der Waals surface area contributed by atoms with E-state index in [0.29, 0.717) is 0 Å². The lowest BCUT2D eigenvalue weighted by Gasteiger charge is -2.18. The van der Waals surface area contributed by atoms with Crippen LogP contribution >= 0.6 is 22.7 Å².